The number of guanidine groups is 1. The summed E-state index contributed by atoms with van der Waals surface area (Å²) in [5.74, 6) is -0.0153. The summed E-state index contributed by atoms with van der Waals surface area (Å²) in [6.07, 6.45) is 2.14. The van der Waals surface area contributed by atoms with Gasteiger partial charge in [-0.05, 0) is 53.4 Å². The fraction of sp³-hybridized carbons (Fsp3) is 0.385. The summed E-state index contributed by atoms with van der Waals surface area (Å²) in [7, 11) is 0. The number of amides is 1. The Morgan fingerprint density at radius 3 is 2.84 bits per heavy atom. The Morgan fingerprint density at radius 2 is 2.21 bits per heavy atom. The summed E-state index contributed by atoms with van der Waals surface area (Å²) >= 11 is 3.14. The highest BCUT2D eigenvalue weighted by Crippen LogP contribution is 2.29. The molecule has 1 amide bonds. The molecule has 100 valence electrons. The van der Waals surface area contributed by atoms with Gasteiger partial charge in [0.1, 0.15) is 11.4 Å². The molecule has 1 saturated heterocycles. The van der Waals surface area contributed by atoms with Crippen LogP contribution < -0.4 is 10.6 Å². The second kappa shape index (κ2) is 4.30. The second-order valence-electron chi connectivity index (χ2n) is 5.04. The fourth-order valence-electron chi connectivity index (χ4n) is 2.02. The molecule has 4 nitrogen and oxygen atoms in total. The molecule has 1 aromatic carbocycles. The van der Waals surface area contributed by atoms with Crippen LogP contribution in [0, 0.1) is 5.82 Å². The highest BCUT2D eigenvalue weighted by Gasteiger charge is 2.43. The average Bonchev–Trinajstić information content (AvgIpc) is 3.10. The van der Waals surface area contributed by atoms with Crippen molar-refractivity contribution in [2.45, 2.75) is 31.3 Å². The number of nitrogens with one attached hydrogen (secondary N) is 2. The van der Waals surface area contributed by atoms with Crippen molar-refractivity contribution >= 4 is 27.8 Å². The third-order valence-corrected chi connectivity index (χ3v) is 4.02. The maximum Gasteiger partial charge on any atom is 0.256 e. The third-order valence-electron chi connectivity index (χ3n) is 3.41. The van der Waals surface area contributed by atoms with Crippen LogP contribution in [0.25, 0.3) is 0 Å². The molecule has 1 aliphatic carbocycles. The smallest absolute Gasteiger partial charge is 0.256 e. The van der Waals surface area contributed by atoms with E-state index in [1.165, 1.54) is 6.07 Å². The van der Waals surface area contributed by atoms with Gasteiger partial charge in [0.15, 0.2) is 5.96 Å². The monoisotopic (exact) mass is 325 g/mol. The number of aliphatic imine (C=N–C) groups is 1. The molecular formula is C13H13BrFN3O. The van der Waals surface area contributed by atoms with E-state index in [9.17, 15) is 9.18 Å². The van der Waals surface area contributed by atoms with E-state index in [-0.39, 0.29) is 11.7 Å². The van der Waals surface area contributed by atoms with Crippen LogP contribution in [0.15, 0.2) is 27.7 Å². The van der Waals surface area contributed by atoms with Crippen LogP contribution in [0.3, 0.4) is 0 Å². The zero-order valence-electron chi connectivity index (χ0n) is 10.3. The SMILES string of the molecule is CC1(c2ccc(F)c(Br)c2)NC(=NC2CC2)NC1=O. The van der Waals surface area contributed by atoms with Crippen molar-refractivity contribution in [2.75, 3.05) is 0 Å². The Labute approximate surface area is 118 Å². The van der Waals surface area contributed by atoms with Gasteiger partial charge in [-0.25, -0.2) is 9.38 Å². The molecule has 1 aliphatic heterocycles. The summed E-state index contributed by atoms with van der Waals surface area (Å²) in [4.78, 5) is 16.5. The van der Waals surface area contributed by atoms with E-state index in [1.54, 1.807) is 19.1 Å². The summed E-state index contributed by atoms with van der Waals surface area (Å²) in [6, 6.07) is 4.88. The lowest BCUT2D eigenvalue weighted by Crippen LogP contribution is -2.40. The lowest BCUT2D eigenvalue weighted by atomic mass is 9.92. The zero-order valence-corrected chi connectivity index (χ0v) is 11.9. The molecule has 2 N–H and O–H groups in total. The standard InChI is InChI=1S/C13H13BrFN3O/c1-13(7-2-5-10(15)9(14)6-7)11(19)17-12(18-13)16-8-3-4-8/h2,5-6,8H,3-4H2,1H3,(H2,16,17,18,19). The Kier molecular flexibility index (Phi) is 2.85. The molecule has 2 fully saturated rings. The third kappa shape index (κ3) is 2.25. The predicted octanol–water partition coefficient (Wildman–Crippen LogP) is 2.04. The van der Waals surface area contributed by atoms with Crippen LogP contribution in [0.5, 0.6) is 0 Å². The van der Waals surface area contributed by atoms with Crippen LogP contribution in [0.4, 0.5) is 4.39 Å². The minimum absolute atomic E-state index is 0.176. The van der Waals surface area contributed by atoms with Crippen molar-refractivity contribution in [1.82, 2.24) is 10.6 Å². The van der Waals surface area contributed by atoms with Crippen LogP contribution in [-0.2, 0) is 10.3 Å². The molecule has 1 unspecified atom stereocenters. The van der Waals surface area contributed by atoms with Gasteiger partial charge in [0.2, 0.25) is 0 Å². The van der Waals surface area contributed by atoms with E-state index in [0.717, 1.165) is 12.8 Å². The van der Waals surface area contributed by atoms with E-state index < -0.39 is 5.54 Å². The molecular weight excluding hydrogens is 313 g/mol. The maximum atomic E-state index is 13.3. The fourth-order valence-corrected chi connectivity index (χ4v) is 2.40. The molecule has 0 aromatic heterocycles. The summed E-state index contributed by atoms with van der Waals surface area (Å²) in [5, 5.41) is 5.84. The number of carbonyl (C=O) groups excluding carboxylic acids is 1. The van der Waals surface area contributed by atoms with Crippen molar-refractivity contribution in [3.05, 3.63) is 34.1 Å². The van der Waals surface area contributed by atoms with E-state index >= 15 is 0 Å². The molecule has 1 heterocycles. The first-order valence-electron chi connectivity index (χ1n) is 6.12. The number of nitrogens with zero attached hydrogens (tertiary/aromatic N) is 1. The molecule has 1 atom stereocenters. The topological polar surface area (TPSA) is 53.5 Å². The molecule has 19 heavy (non-hydrogen) atoms. The Morgan fingerprint density at radius 1 is 1.47 bits per heavy atom. The number of halogens is 2. The molecule has 1 saturated carbocycles. The summed E-state index contributed by atoms with van der Waals surface area (Å²) in [6.45, 7) is 1.76. The van der Waals surface area contributed by atoms with Gasteiger partial charge in [-0.15, -0.1) is 0 Å². The minimum Gasteiger partial charge on any atom is -0.338 e. The van der Waals surface area contributed by atoms with Crippen molar-refractivity contribution in [3.63, 3.8) is 0 Å². The first-order valence-corrected chi connectivity index (χ1v) is 6.91. The van der Waals surface area contributed by atoms with Crippen molar-refractivity contribution < 1.29 is 9.18 Å². The Bertz CT molecular complexity index is 585. The van der Waals surface area contributed by atoms with Crippen molar-refractivity contribution in [1.29, 1.82) is 0 Å². The zero-order chi connectivity index (χ0) is 13.6. The molecule has 2 aliphatic rings. The highest BCUT2D eigenvalue weighted by molar-refractivity contribution is 9.10. The molecule has 0 bridgehead atoms. The quantitative estimate of drug-likeness (QED) is 0.874. The maximum absolute atomic E-state index is 13.3. The van der Waals surface area contributed by atoms with Crippen LogP contribution >= 0.6 is 15.9 Å². The van der Waals surface area contributed by atoms with E-state index in [2.05, 4.69) is 31.6 Å². The number of hydrogen-bond donors (Lipinski definition) is 2. The molecule has 3 rings (SSSR count). The van der Waals surface area contributed by atoms with E-state index in [0.29, 0.717) is 22.0 Å². The number of rotatable bonds is 2. The molecule has 0 radical (unpaired) electrons. The van der Waals surface area contributed by atoms with Gasteiger partial charge in [-0.3, -0.25) is 10.1 Å². The Balaban J connectivity index is 1.93. The van der Waals surface area contributed by atoms with E-state index in [4.69, 9.17) is 0 Å². The summed E-state index contributed by atoms with van der Waals surface area (Å²) < 4.78 is 13.6. The number of carbonyl (C=O) groups is 1. The Hall–Kier alpha value is -1.43. The van der Waals surface area contributed by atoms with Gasteiger partial charge in [-0.1, -0.05) is 6.07 Å². The minimum atomic E-state index is -0.913. The van der Waals surface area contributed by atoms with Crippen LogP contribution in [-0.4, -0.2) is 17.9 Å². The lowest BCUT2D eigenvalue weighted by Gasteiger charge is -2.22. The normalized spacial score (nSPS) is 28.4. The summed E-state index contributed by atoms with van der Waals surface area (Å²) in [5.41, 5.74) is -0.219. The first kappa shape index (κ1) is 12.6. The van der Waals surface area contributed by atoms with Gasteiger partial charge in [0, 0.05) is 0 Å². The van der Waals surface area contributed by atoms with Gasteiger partial charge in [0.25, 0.3) is 5.91 Å². The molecule has 0 spiro atoms. The second-order valence-corrected chi connectivity index (χ2v) is 5.90. The van der Waals surface area contributed by atoms with Crippen molar-refractivity contribution in [2.24, 2.45) is 4.99 Å². The van der Waals surface area contributed by atoms with Gasteiger partial charge >= 0.3 is 0 Å². The lowest BCUT2D eigenvalue weighted by molar-refractivity contribution is -0.123. The van der Waals surface area contributed by atoms with Crippen LogP contribution in [0.1, 0.15) is 25.3 Å². The number of hydrogen-bond acceptors (Lipinski definition) is 2. The first-order chi connectivity index (χ1) is 8.99. The predicted molar refractivity (Wildman–Crippen MR) is 73.2 cm³/mol. The van der Waals surface area contributed by atoms with Gasteiger partial charge in [-0.2, -0.15) is 0 Å². The van der Waals surface area contributed by atoms with E-state index in [1.807, 2.05) is 0 Å². The molecule has 6 heteroatoms. The average molecular weight is 326 g/mol. The molecule has 1 aromatic rings. The van der Waals surface area contributed by atoms with Crippen LogP contribution in [0.2, 0.25) is 0 Å². The highest BCUT2D eigenvalue weighted by atomic mass is 79.9. The van der Waals surface area contributed by atoms with Crippen molar-refractivity contribution in [3.8, 4) is 0 Å². The largest absolute Gasteiger partial charge is 0.338 e. The van der Waals surface area contributed by atoms with Gasteiger partial charge in [0.05, 0.1) is 10.5 Å². The number of benzene rings is 1. The van der Waals surface area contributed by atoms with Gasteiger partial charge < -0.3 is 5.32 Å².